The Balaban J connectivity index is 1.33. The van der Waals surface area contributed by atoms with Gasteiger partial charge < -0.3 is 19.9 Å². The van der Waals surface area contributed by atoms with Crippen LogP contribution in [0.2, 0.25) is 5.02 Å². The average molecular weight is 639 g/mol. The van der Waals surface area contributed by atoms with Crippen LogP contribution >= 0.6 is 27.5 Å². The highest BCUT2D eigenvalue weighted by atomic mass is 79.9. The van der Waals surface area contributed by atoms with Crippen LogP contribution in [0.25, 0.3) is 11.0 Å². The van der Waals surface area contributed by atoms with Crippen LogP contribution < -0.4 is 5.73 Å². The number of methoxy groups -OCH3 is 1. The van der Waals surface area contributed by atoms with Gasteiger partial charge in [-0.25, -0.2) is 13.4 Å². The molecule has 1 amide bonds. The second kappa shape index (κ2) is 11.8. The van der Waals surface area contributed by atoms with Gasteiger partial charge in [-0.1, -0.05) is 39.7 Å². The van der Waals surface area contributed by atoms with E-state index < -0.39 is 22.0 Å². The SMILES string of the molecule is COCCCn1c(C2CCCN(C(=O)[C@@H]3CN(S(=O)(=O)c4ccc(Br)cc4Cl)C[C@H]3N)C2)nc2ccccc21. The number of hydrogen-bond donors (Lipinski definition) is 1. The molecule has 0 radical (unpaired) electrons. The molecule has 2 aromatic carbocycles. The number of para-hydroxylation sites is 2. The summed E-state index contributed by atoms with van der Waals surface area (Å²) in [6, 6.07) is 12.1. The summed E-state index contributed by atoms with van der Waals surface area (Å²) in [7, 11) is -2.20. The number of hydrogen-bond acceptors (Lipinski definition) is 6. The number of carbonyl (C=O) groups excluding carboxylic acids is 1. The number of piperidine rings is 1. The smallest absolute Gasteiger partial charge is 0.244 e. The van der Waals surface area contributed by atoms with E-state index in [-0.39, 0.29) is 34.8 Å². The number of fused-ring (bicyclic) bond motifs is 1. The van der Waals surface area contributed by atoms with Gasteiger partial charge in [-0.3, -0.25) is 4.79 Å². The van der Waals surface area contributed by atoms with Crippen molar-refractivity contribution in [1.29, 1.82) is 0 Å². The zero-order valence-electron chi connectivity index (χ0n) is 21.8. The van der Waals surface area contributed by atoms with Crippen molar-refractivity contribution >= 4 is 54.5 Å². The van der Waals surface area contributed by atoms with E-state index in [9.17, 15) is 13.2 Å². The number of benzene rings is 2. The minimum atomic E-state index is -3.90. The lowest BCUT2D eigenvalue weighted by atomic mass is 9.94. The van der Waals surface area contributed by atoms with Crippen LogP contribution in [-0.2, 0) is 26.1 Å². The summed E-state index contributed by atoms with van der Waals surface area (Å²) in [6.07, 6.45) is 2.63. The van der Waals surface area contributed by atoms with Crippen molar-refractivity contribution in [2.24, 2.45) is 11.7 Å². The summed E-state index contributed by atoms with van der Waals surface area (Å²) < 4.78 is 36.2. The molecule has 0 aliphatic carbocycles. The molecule has 5 rings (SSSR count). The number of sulfonamides is 1. The molecule has 2 fully saturated rings. The van der Waals surface area contributed by atoms with Crippen molar-refractivity contribution in [2.75, 3.05) is 39.9 Å². The first-order valence-electron chi connectivity index (χ1n) is 13.1. The number of carbonyl (C=O) groups is 1. The Hall–Kier alpha value is -2.02. The van der Waals surface area contributed by atoms with Crippen molar-refractivity contribution in [2.45, 2.75) is 42.7 Å². The van der Waals surface area contributed by atoms with Crippen LogP contribution in [0.4, 0.5) is 0 Å². The Bertz CT molecular complexity index is 1470. The van der Waals surface area contributed by atoms with Gasteiger partial charge in [0.2, 0.25) is 15.9 Å². The fourth-order valence-corrected chi connectivity index (χ4v) is 8.22. The second-order valence-electron chi connectivity index (χ2n) is 10.2. The topological polar surface area (TPSA) is 111 Å². The third kappa shape index (κ3) is 5.75. The molecule has 0 bridgehead atoms. The van der Waals surface area contributed by atoms with Crippen molar-refractivity contribution in [3.8, 4) is 0 Å². The Morgan fingerprint density at radius 2 is 2.00 bits per heavy atom. The predicted molar refractivity (Wildman–Crippen MR) is 154 cm³/mol. The van der Waals surface area contributed by atoms with Gasteiger partial charge in [-0.2, -0.15) is 4.31 Å². The Morgan fingerprint density at radius 1 is 1.21 bits per heavy atom. The van der Waals surface area contributed by atoms with Crippen molar-refractivity contribution in [3.63, 3.8) is 0 Å². The lowest BCUT2D eigenvalue weighted by molar-refractivity contribution is -0.136. The first-order valence-corrected chi connectivity index (χ1v) is 15.8. The average Bonchev–Trinajstić information content (AvgIpc) is 3.49. The molecule has 210 valence electrons. The molecule has 0 spiro atoms. The fraction of sp³-hybridized carbons (Fsp3) is 0.481. The van der Waals surface area contributed by atoms with E-state index >= 15 is 0 Å². The Labute approximate surface area is 242 Å². The highest BCUT2D eigenvalue weighted by Crippen LogP contribution is 2.33. The van der Waals surface area contributed by atoms with Crippen LogP contribution in [0.15, 0.2) is 51.8 Å². The van der Waals surface area contributed by atoms with E-state index in [1.165, 1.54) is 10.4 Å². The zero-order chi connectivity index (χ0) is 27.7. The van der Waals surface area contributed by atoms with Gasteiger partial charge in [0, 0.05) is 62.9 Å². The first-order chi connectivity index (χ1) is 18.7. The largest absolute Gasteiger partial charge is 0.385 e. The van der Waals surface area contributed by atoms with Crippen LogP contribution in [-0.4, -0.2) is 79.0 Å². The first kappa shape index (κ1) is 28.5. The van der Waals surface area contributed by atoms with Gasteiger partial charge >= 0.3 is 0 Å². The van der Waals surface area contributed by atoms with Gasteiger partial charge in [0.1, 0.15) is 10.7 Å². The molecule has 12 heteroatoms. The second-order valence-corrected chi connectivity index (χ2v) is 13.5. The minimum absolute atomic E-state index is 0.0121. The summed E-state index contributed by atoms with van der Waals surface area (Å²) in [5, 5.41) is 0.125. The fourth-order valence-electron chi connectivity index (χ4n) is 5.70. The quantitative estimate of drug-likeness (QED) is 0.376. The summed E-state index contributed by atoms with van der Waals surface area (Å²) in [6.45, 7) is 2.69. The Morgan fingerprint density at radius 3 is 2.77 bits per heavy atom. The van der Waals surface area contributed by atoms with E-state index in [0.29, 0.717) is 24.2 Å². The number of halogens is 2. The van der Waals surface area contributed by atoms with Crippen LogP contribution in [0.1, 0.15) is 31.0 Å². The Kier molecular flexibility index (Phi) is 8.65. The molecule has 39 heavy (non-hydrogen) atoms. The van der Waals surface area contributed by atoms with E-state index in [1.54, 1.807) is 19.2 Å². The number of rotatable bonds is 8. The maximum absolute atomic E-state index is 13.7. The lowest BCUT2D eigenvalue weighted by Gasteiger charge is -2.35. The van der Waals surface area contributed by atoms with Gasteiger partial charge in [0.05, 0.1) is 22.0 Å². The monoisotopic (exact) mass is 637 g/mol. The maximum Gasteiger partial charge on any atom is 0.244 e. The lowest BCUT2D eigenvalue weighted by Crippen LogP contribution is -2.47. The number of imidazole rings is 1. The summed E-state index contributed by atoms with van der Waals surface area (Å²) in [5.74, 6) is 0.341. The summed E-state index contributed by atoms with van der Waals surface area (Å²) >= 11 is 9.55. The molecule has 3 atom stereocenters. The molecule has 0 saturated carbocycles. The predicted octanol–water partition coefficient (Wildman–Crippen LogP) is 3.84. The third-order valence-electron chi connectivity index (χ3n) is 7.67. The normalized spacial score (nSPS) is 22.6. The third-order valence-corrected chi connectivity index (χ3v) is 10.5. The molecule has 2 saturated heterocycles. The van der Waals surface area contributed by atoms with Crippen molar-refractivity contribution in [1.82, 2.24) is 18.8 Å². The molecular formula is C27H33BrClN5O4S. The number of nitrogens with two attached hydrogens (primary N) is 1. The van der Waals surface area contributed by atoms with Gasteiger partial charge in [0.15, 0.2) is 0 Å². The molecule has 2 N–H and O–H groups in total. The minimum Gasteiger partial charge on any atom is -0.385 e. The van der Waals surface area contributed by atoms with Gasteiger partial charge in [0.25, 0.3) is 0 Å². The molecule has 3 aromatic rings. The molecular weight excluding hydrogens is 606 g/mol. The summed E-state index contributed by atoms with van der Waals surface area (Å²) in [4.78, 5) is 20.6. The van der Waals surface area contributed by atoms with E-state index in [4.69, 9.17) is 27.1 Å². The standard InChI is InChI=1S/C27H33BrClN5O4S/c1-38-13-5-12-34-24-8-3-2-7-23(24)31-26(34)18-6-4-11-32(15-18)27(35)20-16-33(17-22(20)30)39(36,37)25-10-9-19(28)14-21(25)29/h2-3,7-10,14,18,20,22H,4-6,11-13,15-17,30H2,1H3/t18?,20-,22-/m1/s1. The molecule has 9 nitrogen and oxygen atoms in total. The van der Waals surface area contributed by atoms with Crippen LogP contribution in [0, 0.1) is 5.92 Å². The van der Waals surface area contributed by atoms with Crippen molar-refractivity contribution in [3.05, 3.63) is 57.8 Å². The molecule has 2 aliphatic heterocycles. The highest BCUT2D eigenvalue weighted by Gasteiger charge is 2.44. The molecule has 2 aliphatic rings. The zero-order valence-corrected chi connectivity index (χ0v) is 25.0. The van der Waals surface area contributed by atoms with Crippen molar-refractivity contribution < 1.29 is 17.9 Å². The number of likely N-dealkylation sites (tertiary alicyclic amines) is 1. The summed E-state index contributed by atoms with van der Waals surface area (Å²) in [5.41, 5.74) is 8.40. The van der Waals surface area contributed by atoms with Gasteiger partial charge in [-0.15, -0.1) is 0 Å². The number of nitrogens with zero attached hydrogens (tertiary/aromatic N) is 4. The van der Waals surface area contributed by atoms with Crippen LogP contribution in [0.3, 0.4) is 0 Å². The van der Waals surface area contributed by atoms with Crippen LogP contribution in [0.5, 0.6) is 0 Å². The van der Waals surface area contributed by atoms with E-state index in [1.807, 2.05) is 23.1 Å². The highest BCUT2D eigenvalue weighted by molar-refractivity contribution is 9.10. The number of aromatic nitrogens is 2. The van der Waals surface area contributed by atoms with E-state index in [0.717, 1.165) is 42.7 Å². The number of aryl methyl sites for hydroxylation is 1. The molecule has 1 aromatic heterocycles. The maximum atomic E-state index is 13.7. The number of ether oxygens (including phenoxy) is 1. The molecule has 3 heterocycles. The molecule has 1 unspecified atom stereocenters. The number of amides is 1. The van der Waals surface area contributed by atoms with E-state index in [2.05, 4.69) is 26.6 Å². The van der Waals surface area contributed by atoms with Gasteiger partial charge in [-0.05, 0) is 49.6 Å².